The van der Waals surface area contributed by atoms with Crippen LogP contribution >= 0.6 is 0 Å². The molecule has 0 aromatic rings. The topological polar surface area (TPSA) is 24.5 Å². The number of nitrogens with one attached hydrogen (secondary N) is 1. The Morgan fingerprint density at radius 3 is 2.71 bits per heavy atom. The van der Waals surface area contributed by atoms with E-state index in [-0.39, 0.29) is 5.60 Å². The molecule has 3 unspecified atom stereocenters. The van der Waals surface area contributed by atoms with Gasteiger partial charge in [0.1, 0.15) is 0 Å². The lowest BCUT2D eigenvalue weighted by Gasteiger charge is -2.38. The molecule has 21 heavy (non-hydrogen) atoms. The van der Waals surface area contributed by atoms with Crippen molar-refractivity contribution in [3.8, 4) is 0 Å². The Morgan fingerprint density at radius 2 is 1.95 bits per heavy atom. The summed E-state index contributed by atoms with van der Waals surface area (Å²) in [6.45, 7) is 6.04. The van der Waals surface area contributed by atoms with Crippen LogP contribution < -0.4 is 5.32 Å². The number of rotatable bonds is 4. The quantitative estimate of drug-likeness (QED) is 0.862. The third kappa shape index (κ3) is 3.80. The highest BCUT2D eigenvalue weighted by atomic mass is 16.5. The Kier molecular flexibility index (Phi) is 5.23. The smallest absolute Gasteiger partial charge is 0.0710 e. The Morgan fingerprint density at radius 1 is 1.14 bits per heavy atom. The molecule has 1 aliphatic carbocycles. The van der Waals surface area contributed by atoms with Crippen LogP contribution in [0.5, 0.6) is 0 Å². The number of likely N-dealkylation sites (tertiary alicyclic amines) is 1. The summed E-state index contributed by atoms with van der Waals surface area (Å²) in [5.41, 5.74) is 0.288. The fourth-order valence-corrected chi connectivity index (χ4v) is 4.78. The lowest BCUT2D eigenvalue weighted by molar-refractivity contribution is -0.0744. The van der Waals surface area contributed by atoms with E-state index in [1.807, 2.05) is 0 Å². The third-order valence-electron chi connectivity index (χ3n) is 6.27. The maximum Gasteiger partial charge on any atom is 0.0710 e. The fraction of sp³-hybridized carbons (Fsp3) is 1.00. The van der Waals surface area contributed by atoms with Crippen LogP contribution in [-0.4, -0.2) is 49.3 Å². The number of hydrogen-bond donors (Lipinski definition) is 1. The van der Waals surface area contributed by atoms with Crippen molar-refractivity contribution in [3.05, 3.63) is 0 Å². The average molecular weight is 294 g/mol. The van der Waals surface area contributed by atoms with E-state index in [1.54, 1.807) is 0 Å². The molecule has 0 aromatic heterocycles. The molecule has 1 spiro atoms. The van der Waals surface area contributed by atoms with Gasteiger partial charge in [0, 0.05) is 19.1 Å². The largest absolute Gasteiger partial charge is 0.370 e. The minimum atomic E-state index is 0.288. The highest BCUT2D eigenvalue weighted by molar-refractivity contribution is 4.92. The molecule has 2 heterocycles. The van der Waals surface area contributed by atoms with E-state index in [0.29, 0.717) is 12.1 Å². The van der Waals surface area contributed by atoms with Crippen molar-refractivity contribution >= 4 is 0 Å². The molecule has 2 aliphatic heterocycles. The first-order valence-corrected chi connectivity index (χ1v) is 9.28. The lowest BCUT2D eigenvalue weighted by Crippen LogP contribution is -2.46. The van der Waals surface area contributed by atoms with Gasteiger partial charge in [-0.1, -0.05) is 19.3 Å². The summed E-state index contributed by atoms with van der Waals surface area (Å²) in [4.78, 5) is 2.68. The van der Waals surface area contributed by atoms with Gasteiger partial charge in [0.05, 0.1) is 11.7 Å². The Labute approximate surface area is 130 Å². The van der Waals surface area contributed by atoms with Crippen LogP contribution in [0.1, 0.15) is 64.7 Å². The van der Waals surface area contributed by atoms with Crippen molar-refractivity contribution in [2.75, 3.05) is 26.7 Å². The van der Waals surface area contributed by atoms with Gasteiger partial charge in [-0.15, -0.1) is 0 Å². The summed E-state index contributed by atoms with van der Waals surface area (Å²) in [5.74, 6) is 0.814. The monoisotopic (exact) mass is 294 g/mol. The predicted octanol–water partition coefficient (Wildman–Crippen LogP) is 3.19. The highest BCUT2D eigenvalue weighted by Crippen LogP contribution is 2.42. The SMILES string of the molecule is CNC(C)C1CCCN(CC2CCC3(CCCCC3)O2)C1. The van der Waals surface area contributed by atoms with E-state index >= 15 is 0 Å². The van der Waals surface area contributed by atoms with Crippen molar-refractivity contribution in [2.45, 2.75) is 82.5 Å². The maximum atomic E-state index is 6.56. The normalized spacial score (nSPS) is 35.1. The molecular weight excluding hydrogens is 260 g/mol. The third-order valence-corrected chi connectivity index (χ3v) is 6.27. The molecule has 0 aromatic carbocycles. The van der Waals surface area contributed by atoms with Gasteiger partial charge < -0.3 is 15.0 Å². The molecule has 1 saturated carbocycles. The summed E-state index contributed by atoms with van der Waals surface area (Å²) in [7, 11) is 2.09. The second-order valence-electron chi connectivity index (χ2n) is 7.76. The number of hydrogen-bond acceptors (Lipinski definition) is 3. The van der Waals surface area contributed by atoms with E-state index in [4.69, 9.17) is 4.74 Å². The van der Waals surface area contributed by atoms with Gasteiger partial charge in [-0.3, -0.25) is 0 Å². The van der Waals surface area contributed by atoms with Crippen molar-refractivity contribution in [1.82, 2.24) is 10.2 Å². The second kappa shape index (κ2) is 6.97. The number of ether oxygens (including phenoxy) is 1. The zero-order chi connectivity index (χ0) is 14.7. The fourth-order valence-electron chi connectivity index (χ4n) is 4.78. The molecule has 1 N–H and O–H groups in total. The summed E-state index contributed by atoms with van der Waals surface area (Å²) < 4.78 is 6.56. The van der Waals surface area contributed by atoms with Gasteiger partial charge in [0.15, 0.2) is 0 Å². The van der Waals surface area contributed by atoms with E-state index in [0.717, 1.165) is 5.92 Å². The summed E-state index contributed by atoms with van der Waals surface area (Å²) in [5, 5.41) is 3.44. The first-order chi connectivity index (χ1) is 10.2. The van der Waals surface area contributed by atoms with E-state index in [2.05, 4.69) is 24.2 Å². The Bertz CT molecular complexity index is 327. The van der Waals surface area contributed by atoms with Crippen molar-refractivity contribution in [3.63, 3.8) is 0 Å². The minimum absolute atomic E-state index is 0.288. The number of nitrogens with zero attached hydrogens (tertiary/aromatic N) is 1. The summed E-state index contributed by atoms with van der Waals surface area (Å²) in [6.07, 6.45) is 12.7. The van der Waals surface area contributed by atoms with Gasteiger partial charge in [0.25, 0.3) is 0 Å². The van der Waals surface area contributed by atoms with Crippen LogP contribution in [0, 0.1) is 5.92 Å². The molecule has 0 amide bonds. The molecule has 3 fully saturated rings. The minimum Gasteiger partial charge on any atom is -0.370 e. The van der Waals surface area contributed by atoms with Gasteiger partial charge >= 0.3 is 0 Å². The first-order valence-electron chi connectivity index (χ1n) is 9.28. The molecule has 0 radical (unpaired) electrons. The molecule has 3 aliphatic rings. The lowest BCUT2D eigenvalue weighted by atomic mass is 9.83. The molecular formula is C18H34N2O. The molecule has 2 saturated heterocycles. The van der Waals surface area contributed by atoms with Crippen LogP contribution in [0.25, 0.3) is 0 Å². The Hall–Kier alpha value is -0.120. The van der Waals surface area contributed by atoms with Crippen molar-refractivity contribution < 1.29 is 4.74 Å². The first kappa shape index (κ1) is 15.8. The highest BCUT2D eigenvalue weighted by Gasteiger charge is 2.41. The van der Waals surface area contributed by atoms with Crippen LogP contribution in [0.15, 0.2) is 0 Å². The van der Waals surface area contributed by atoms with Crippen LogP contribution in [0.3, 0.4) is 0 Å². The van der Waals surface area contributed by atoms with Gasteiger partial charge in [-0.2, -0.15) is 0 Å². The van der Waals surface area contributed by atoms with E-state index < -0.39 is 0 Å². The van der Waals surface area contributed by atoms with Crippen LogP contribution in [0.2, 0.25) is 0 Å². The van der Waals surface area contributed by atoms with E-state index in [1.165, 1.54) is 77.4 Å². The molecule has 0 bridgehead atoms. The van der Waals surface area contributed by atoms with Crippen molar-refractivity contribution in [2.24, 2.45) is 5.92 Å². The zero-order valence-electron chi connectivity index (χ0n) is 14.1. The van der Waals surface area contributed by atoms with Gasteiger partial charge in [-0.05, 0) is 65.0 Å². The second-order valence-corrected chi connectivity index (χ2v) is 7.76. The predicted molar refractivity (Wildman–Crippen MR) is 87.6 cm³/mol. The van der Waals surface area contributed by atoms with E-state index in [9.17, 15) is 0 Å². The Balaban J connectivity index is 1.48. The average Bonchev–Trinajstić information content (AvgIpc) is 2.89. The number of piperidine rings is 1. The zero-order valence-corrected chi connectivity index (χ0v) is 14.1. The summed E-state index contributed by atoms with van der Waals surface area (Å²) in [6, 6.07) is 0.641. The molecule has 3 rings (SSSR count). The molecule has 3 heteroatoms. The van der Waals surface area contributed by atoms with Crippen LogP contribution in [0.4, 0.5) is 0 Å². The van der Waals surface area contributed by atoms with Crippen molar-refractivity contribution in [1.29, 1.82) is 0 Å². The summed E-state index contributed by atoms with van der Waals surface area (Å²) >= 11 is 0. The molecule has 122 valence electrons. The van der Waals surface area contributed by atoms with Crippen LogP contribution in [-0.2, 0) is 4.74 Å². The maximum absolute atomic E-state index is 6.56. The standard InChI is InChI=1S/C18H34N2O/c1-15(19-2)16-7-6-12-20(13-16)14-17-8-11-18(21-17)9-4-3-5-10-18/h15-17,19H,3-14H2,1-2H3. The van der Waals surface area contributed by atoms with Gasteiger partial charge in [0.2, 0.25) is 0 Å². The van der Waals surface area contributed by atoms with Gasteiger partial charge in [-0.25, -0.2) is 0 Å². The molecule has 3 atom stereocenters. The molecule has 3 nitrogen and oxygen atoms in total.